The van der Waals surface area contributed by atoms with Crippen LogP contribution in [-0.2, 0) is 21.2 Å². The van der Waals surface area contributed by atoms with E-state index in [1.807, 2.05) is 13.8 Å². The fraction of sp³-hybridized carbons (Fsp3) is 0.435. The number of halogens is 1. The number of hydrogen-bond donors (Lipinski definition) is 1. The van der Waals surface area contributed by atoms with Gasteiger partial charge in [-0.3, -0.25) is 14.9 Å². The molecule has 1 N–H and O–H groups in total. The molecule has 2 aromatic rings. The van der Waals surface area contributed by atoms with E-state index in [1.165, 1.54) is 37.3 Å². The predicted molar refractivity (Wildman–Crippen MR) is 124 cm³/mol. The number of carbonyl (C=O) groups is 1. The van der Waals surface area contributed by atoms with Crippen molar-refractivity contribution in [1.82, 2.24) is 9.62 Å². The average Bonchev–Trinajstić information content (AvgIpc) is 2.77. The lowest BCUT2D eigenvalue weighted by atomic mass is 9.89. The van der Waals surface area contributed by atoms with Crippen LogP contribution in [0.4, 0.5) is 10.1 Å². The fourth-order valence-electron chi connectivity index (χ4n) is 3.94. The number of ether oxygens (including phenoxy) is 1. The summed E-state index contributed by atoms with van der Waals surface area (Å²) in [5.74, 6) is -0.849. The first-order chi connectivity index (χ1) is 15.9. The van der Waals surface area contributed by atoms with E-state index in [2.05, 4.69) is 5.32 Å². The predicted octanol–water partition coefficient (Wildman–Crippen LogP) is 3.35. The van der Waals surface area contributed by atoms with Gasteiger partial charge >= 0.3 is 0 Å². The smallest absolute Gasteiger partial charge is 0.269 e. The highest BCUT2D eigenvalue weighted by atomic mass is 32.2. The van der Waals surface area contributed by atoms with Crippen LogP contribution in [0.2, 0.25) is 0 Å². The number of nitrogens with zero attached hydrogens (tertiary/aromatic N) is 2. The molecule has 0 spiro atoms. The van der Waals surface area contributed by atoms with Gasteiger partial charge in [-0.25, -0.2) is 12.8 Å². The van der Waals surface area contributed by atoms with Gasteiger partial charge in [0.2, 0.25) is 15.9 Å². The number of rotatable bonds is 9. The van der Waals surface area contributed by atoms with Gasteiger partial charge in [-0.15, -0.1) is 0 Å². The molecule has 0 aliphatic carbocycles. The van der Waals surface area contributed by atoms with Gasteiger partial charge in [0.15, 0.2) is 0 Å². The van der Waals surface area contributed by atoms with Crippen LogP contribution in [0.15, 0.2) is 42.5 Å². The average molecular weight is 494 g/mol. The summed E-state index contributed by atoms with van der Waals surface area (Å²) in [5.41, 5.74) is 0.433. The number of non-ortho nitro benzene ring substituents is 1. The number of fused-ring (bicyclic) bond motifs is 1. The number of hydrogen-bond acceptors (Lipinski definition) is 6. The Morgan fingerprint density at radius 1 is 1.26 bits per heavy atom. The quantitative estimate of drug-likeness (QED) is 0.423. The zero-order valence-corrected chi connectivity index (χ0v) is 20.1. The maximum absolute atomic E-state index is 14.0. The Morgan fingerprint density at radius 2 is 1.94 bits per heavy atom. The molecule has 0 saturated heterocycles. The van der Waals surface area contributed by atoms with E-state index in [0.717, 1.165) is 9.87 Å². The van der Waals surface area contributed by atoms with Gasteiger partial charge in [0.25, 0.3) is 5.69 Å². The molecule has 1 atom stereocenters. The molecule has 1 heterocycles. The largest absolute Gasteiger partial charge is 0.487 e. The monoisotopic (exact) mass is 493 g/mol. The third-order valence-corrected chi connectivity index (χ3v) is 7.48. The molecular weight excluding hydrogens is 465 g/mol. The highest BCUT2D eigenvalue weighted by Crippen LogP contribution is 2.43. The third kappa shape index (κ3) is 6.09. The number of sulfonamides is 1. The van der Waals surface area contributed by atoms with E-state index in [-0.39, 0.29) is 24.4 Å². The van der Waals surface area contributed by atoms with E-state index < -0.39 is 44.9 Å². The van der Waals surface area contributed by atoms with Gasteiger partial charge in [-0.05, 0) is 51.0 Å². The zero-order valence-electron chi connectivity index (χ0n) is 19.3. The van der Waals surface area contributed by atoms with Gasteiger partial charge in [-0.1, -0.05) is 12.1 Å². The second-order valence-electron chi connectivity index (χ2n) is 8.73. The van der Waals surface area contributed by atoms with Crippen LogP contribution in [0.5, 0.6) is 5.75 Å². The number of carbonyl (C=O) groups excluding carboxylic acids is 1. The van der Waals surface area contributed by atoms with Gasteiger partial charge in [0, 0.05) is 30.7 Å². The van der Waals surface area contributed by atoms with Crippen LogP contribution < -0.4 is 10.1 Å². The topological polar surface area (TPSA) is 119 Å². The molecule has 0 bridgehead atoms. The minimum absolute atomic E-state index is 0.0238. The summed E-state index contributed by atoms with van der Waals surface area (Å²) in [5, 5.41) is 13.5. The van der Waals surface area contributed by atoms with Crippen LogP contribution in [0, 0.1) is 15.9 Å². The summed E-state index contributed by atoms with van der Waals surface area (Å²) >= 11 is 0. The van der Waals surface area contributed by atoms with Crippen molar-refractivity contribution in [2.24, 2.45) is 0 Å². The van der Waals surface area contributed by atoms with Crippen molar-refractivity contribution in [3.8, 4) is 5.75 Å². The minimum Gasteiger partial charge on any atom is -0.487 e. The van der Waals surface area contributed by atoms with Crippen molar-refractivity contribution in [1.29, 1.82) is 0 Å². The molecule has 0 aromatic heterocycles. The van der Waals surface area contributed by atoms with Crippen molar-refractivity contribution in [3.63, 3.8) is 0 Å². The maximum Gasteiger partial charge on any atom is 0.269 e. The molecular formula is C23H28FN3O6S. The molecule has 1 aliphatic heterocycles. The molecule has 3 rings (SSSR count). The number of benzene rings is 2. The van der Waals surface area contributed by atoms with Crippen molar-refractivity contribution < 1.29 is 27.3 Å². The summed E-state index contributed by atoms with van der Waals surface area (Å²) in [4.78, 5) is 23.0. The third-order valence-electron chi connectivity index (χ3n) is 5.65. The molecule has 1 amide bonds. The Morgan fingerprint density at radius 3 is 2.56 bits per heavy atom. The van der Waals surface area contributed by atoms with Crippen molar-refractivity contribution in [3.05, 3.63) is 69.5 Å². The summed E-state index contributed by atoms with van der Waals surface area (Å²) in [7, 11) is -3.82. The van der Waals surface area contributed by atoms with E-state index >= 15 is 0 Å². The Kier molecular flexibility index (Phi) is 7.57. The highest BCUT2D eigenvalue weighted by molar-refractivity contribution is 7.89. The molecule has 1 aliphatic rings. The lowest BCUT2D eigenvalue weighted by molar-refractivity contribution is -0.384. The number of nitro benzene ring substituents is 1. The molecule has 0 fully saturated rings. The van der Waals surface area contributed by atoms with Gasteiger partial charge < -0.3 is 10.1 Å². The maximum atomic E-state index is 14.0. The van der Waals surface area contributed by atoms with Crippen LogP contribution in [0.3, 0.4) is 0 Å². The molecule has 0 radical (unpaired) electrons. The number of nitro groups is 1. The van der Waals surface area contributed by atoms with E-state index in [0.29, 0.717) is 17.7 Å². The summed E-state index contributed by atoms with van der Waals surface area (Å²) in [6.07, 6.45) is 0.668. The second kappa shape index (κ2) is 10.1. The SMILES string of the molecule is CCS(=O)(=O)N(CC(=O)NCCc1ccc([N+](=O)[O-])cc1)C1CC(C)(C)Oc2ccc(F)cc21. The van der Waals surface area contributed by atoms with Gasteiger partial charge in [-0.2, -0.15) is 4.31 Å². The van der Waals surface area contributed by atoms with Crippen molar-refractivity contribution in [2.45, 2.75) is 45.3 Å². The number of nitrogens with one attached hydrogen (secondary N) is 1. The normalized spacial score (nSPS) is 17.0. The van der Waals surface area contributed by atoms with E-state index in [4.69, 9.17) is 4.74 Å². The van der Waals surface area contributed by atoms with Crippen molar-refractivity contribution >= 4 is 21.6 Å². The molecule has 11 heteroatoms. The first-order valence-electron chi connectivity index (χ1n) is 10.9. The van der Waals surface area contributed by atoms with E-state index in [9.17, 15) is 27.7 Å². The molecule has 184 valence electrons. The van der Waals surface area contributed by atoms with Crippen LogP contribution >= 0.6 is 0 Å². The summed E-state index contributed by atoms with van der Waals surface area (Å²) in [6, 6.07) is 9.19. The summed E-state index contributed by atoms with van der Waals surface area (Å²) in [6.45, 7) is 4.92. The zero-order chi connectivity index (χ0) is 25.1. The standard InChI is InChI=1S/C23H28FN3O6S/c1-4-34(31,32)26(20-14-23(2,3)33-21-10-7-17(24)13-19(20)21)15-22(28)25-12-11-16-5-8-18(9-6-16)27(29)30/h5-10,13,20H,4,11-12,14-15H2,1-3H3,(H,25,28). The Bertz CT molecular complexity index is 1170. The fourth-order valence-corrected chi connectivity index (χ4v) is 5.16. The van der Waals surface area contributed by atoms with Gasteiger partial charge in [0.05, 0.1) is 23.3 Å². The molecule has 9 nitrogen and oxygen atoms in total. The minimum atomic E-state index is -3.82. The first-order valence-corrected chi connectivity index (χ1v) is 12.5. The van der Waals surface area contributed by atoms with Crippen LogP contribution in [0.25, 0.3) is 0 Å². The Balaban J connectivity index is 1.75. The van der Waals surface area contributed by atoms with E-state index in [1.54, 1.807) is 12.1 Å². The molecule has 34 heavy (non-hydrogen) atoms. The molecule has 2 aromatic carbocycles. The molecule has 0 saturated carbocycles. The molecule has 1 unspecified atom stereocenters. The second-order valence-corrected chi connectivity index (χ2v) is 10.9. The van der Waals surface area contributed by atoms with Gasteiger partial charge in [0.1, 0.15) is 17.2 Å². The lowest BCUT2D eigenvalue weighted by Gasteiger charge is -2.41. The highest BCUT2D eigenvalue weighted by Gasteiger charge is 2.41. The van der Waals surface area contributed by atoms with Crippen molar-refractivity contribution in [2.75, 3.05) is 18.8 Å². The van der Waals surface area contributed by atoms with Crippen LogP contribution in [-0.4, -0.2) is 48.0 Å². The van der Waals surface area contributed by atoms with Crippen LogP contribution in [0.1, 0.15) is 44.4 Å². The number of amides is 1. The Labute approximate surface area is 198 Å². The lowest BCUT2D eigenvalue weighted by Crippen LogP contribution is -2.48. The summed E-state index contributed by atoms with van der Waals surface area (Å²) < 4.78 is 47.0. The first kappa shape index (κ1) is 25.6. The Hall–Kier alpha value is -3.05.